The average Bonchev–Trinajstić information content (AvgIpc) is 3.10. The standard InChI is InChI=1S/C23H34ClN3O2/c1-16(2)26-9-7-17(8-10-26)11-23(28)25-20-12-21-15-29-22(14-27(21)13-20)18-3-5-19(24)6-4-18/h3-6,16-17,20-22H,7-15H2,1-2H3,(H,25,28)/t20-,21+,22-/m1/s1. The lowest BCUT2D eigenvalue weighted by Gasteiger charge is -2.35. The Morgan fingerprint density at radius 3 is 2.62 bits per heavy atom. The van der Waals surface area contributed by atoms with Gasteiger partial charge in [-0.25, -0.2) is 0 Å². The number of halogens is 1. The highest BCUT2D eigenvalue weighted by atomic mass is 35.5. The number of piperidine rings is 1. The van der Waals surface area contributed by atoms with E-state index in [2.05, 4.69) is 29.0 Å². The topological polar surface area (TPSA) is 44.8 Å². The monoisotopic (exact) mass is 419 g/mol. The van der Waals surface area contributed by atoms with Gasteiger partial charge in [0.2, 0.25) is 5.91 Å². The molecule has 0 radical (unpaired) electrons. The minimum absolute atomic E-state index is 0.0871. The highest BCUT2D eigenvalue weighted by Gasteiger charge is 2.38. The predicted octanol–water partition coefficient (Wildman–Crippen LogP) is 3.48. The Bertz CT molecular complexity index is 688. The summed E-state index contributed by atoms with van der Waals surface area (Å²) in [4.78, 5) is 17.6. The van der Waals surface area contributed by atoms with Crippen LogP contribution >= 0.6 is 11.6 Å². The van der Waals surface area contributed by atoms with Crippen molar-refractivity contribution in [2.75, 3.05) is 32.8 Å². The van der Waals surface area contributed by atoms with E-state index >= 15 is 0 Å². The van der Waals surface area contributed by atoms with Crippen molar-refractivity contribution >= 4 is 17.5 Å². The molecule has 0 bridgehead atoms. The van der Waals surface area contributed by atoms with E-state index in [4.69, 9.17) is 16.3 Å². The highest BCUT2D eigenvalue weighted by Crippen LogP contribution is 2.31. The molecule has 4 rings (SSSR count). The normalized spacial score (nSPS) is 29.2. The fraction of sp³-hybridized carbons (Fsp3) is 0.696. The summed E-state index contributed by atoms with van der Waals surface area (Å²) in [6.45, 7) is 9.29. The van der Waals surface area contributed by atoms with Gasteiger partial charge in [-0.2, -0.15) is 0 Å². The first kappa shape index (κ1) is 21.1. The summed E-state index contributed by atoms with van der Waals surface area (Å²) in [6.07, 6.45) is 4.04. The van der Waals surface area contributed by atoms with Crippen LogP contribution in [-0.4, -0.2) is 66.6 Å². The van der Waals surface area contributed by atoms with E-state index in [9.17, 15) is 4.79 Å². The molecule has 3 fully saturated rings. The summed E-state index contributed by atoms with van der Waals surface area (Å²) in [7, 11) is 0. The number of carbonyl (C=O) groups excluding carboxylic acids is 1. The van der Waals surface area contributed by atoms with E-state index in [-0.39, 0.29) is 18.1 Å². The molecule has 3 aliphatic heterocycles. The van der Waals surface area contributed by atoms with E-state index < -0.39 is 0 Å². The Balaban J connectivity index is 1.23. The predicted molar refractivity (Wildman–Crippen MR) is 116 cm³/mol. The van der Waals surface area contributed by atoms with Crippen molar-refractivity contribution in [3.8, 4) is 0 Å². The largest absolute Gasteiger partial charge is 0.371 e. The van der Waals surface area contributed by atoms with Crippen LogP contribution in [0.1, 0.15) is 51.2 Å². The van der Waals surface area contributed by atoms with Crippen LogP contribution in [0, 0.1) is 5.92 Å². The lowest BCUT2D eigenvalue weighted by atomic mass is 9.92. The molecule has 1 amide bonds. The van der Waals surface area contributed by atoms with E-state index in [1.807, 2.05) is 24.3 Å². The molecule has 29 heavy (non-hydrogen) atoms. The Labute approximate surface area is 179 Å². The molecule has 160 valence electrons. The van der Waals surface area contributed by atoms with Gasteiger partial charge in [0.1, 0.15) is 0 Å². The first-order valence-electron chi connectivity index (χ1n) is 11.1. The first-order chi connectivity index (χ1) is 14.0. The van der Waals surface area contributed by atoms with Crippen molar-refractivity contribution in [3.63, 3.8) is 0 Å². The molecule has 1 aromatic rings. The number of rotatable bonds is 5. The summed E-state index contributed by atoms with van der Waals surface area (Å²) in [6, 6.07) is 9.21. The third-order valence-electron chi connectivity index (χ3n) is 6.88. The van der Waals surface area contributed by atoms with Crippen LogP contribution < -0.4 is 5.32 Å². The number of ether oxygens (including phenoxy) is 1. The van der Waals surface area contributed by atoms with Crippen LogP contribution in [0.4, 0.5) is 0 Å². The molecule has 0 spiro atoms. The Hall–Kier alpha value is -1.14. The number of hydrogen-bond acceptors (Lipinski definition) is 4. The lowest BCUT2D eigenvalue weighted by Crippen LogP contribution is -2.43. The van der Waals surface area contributed by atoms with Crippen LogP contribution in [0.3, 0.4) is 0 Å². The third kappa shape index (κ3) is 5.32. The van der Waals surface area contributed by atoms with E-state index in [0.717, 1.165) is 57.1 Å². The summed E-state index contributed by atoms with van der Waals surface area (Å²) >= 11 is 6.00. The van der Waals surface area contributed by atoms with Gasteiger partial charge in [-0.1, -0.05) is 23.7 Å². The molecule has 1 aromatic carbocycles. The van der Waals surface area contributed by atoms with Crippen LogP contribution in [0.5, 0.6) is 0 Å². The second-order valence-corrected chi connectivity index (χ2v) is 9.70. The highest BCUT2D eigenvalue weighted by molar-refractivity contribution is 6.30. The fourth-order valence-corrected chi connectivity index (χ4v) is 5.21. The van der Waals surface area contributed by atoms with Crippen molar-refractivity contribution in [2.45, 2.75) is 63.8 Å². The van der Waals surface area contributed by atoms with Gasteiger partial charge in [0.25, 0.3) is 0 Å². The molecule has 3 heterocycles. The lowest BCUT2D eigenvalue weighted by molar-refractivity contribution is -0.123. The number of benzene rings is 1. The zero-order valence-electron chi connectivity index (χ0n) is 17.6. The summed E-state index contributed by atoms with van der Waals surface area (Å²) < 4.78 is 6.12. The van der Waals surface area contributed by atoms with Crippen molar-refractivity contribution in [1.82, 2.24) is 15.1 Å². The Morgan fingerprint density at radius 1 is 1.21 bits per heavy atom. The van der Waals surface area contributed by atoms with E-state index in [1.54, 1.807) is 0 Å². The average molecular weight is 420 g/mol. The molecule has 0 saturated carbocycles. The van der Waals surface area contributed by atoms with Gasteiger partial charge >= 0.3 is 0 Å². The van der Waals surface area contributed by atoms with Crippen molar-refractivity contribution < 1.29 is 9.53 Å². The van der Waals surface area contributed by atoms with Gasteiger partial charge in [-0.05, 0) is 69.8 Å². The van der Waals surface area contributed by atoms with Gasteiger partial charge < -0.3 is 15.0 Å². The minimum Gasteiger partial charge on any atom is -0.371 e. The molecule has 3 atom stereocenters. The Kier molecular flexibility index (Phi) is 6.80. The summed E-state index contributed by atoms with van der Waals surface area (Å²) in [5, 5.41) is 4.06. The molecule has 6 heteroatoms. The number of carbonyl (C=O) groups is 1. The van der Waals surface area contributed by atoms with Crippen LogP contribution in [0.15, 0.2) is 24.3 Å². The minimum atomic E-state index is 0.0871. The van der Waals surface area contributed by atoms with Crippen molar-refractivity contribution in [2.24, 2.45) is 5.92 Å². The van der Waals surface area contributed by atoms with Crippen LogP contribution in [-0.2, 0) is 9.53 Å². The van der Waals surface area contributed by atoms with Gasteiger partial charge in [0, 0.05) is 42.7 Å². The maximum absolute atomic E-state index is 12.6. The second kappa shape index (κ2) is 9.34. The number of morpholine rings is 1. The molecular formula is C23H34ClN3O2. The summed E-state index contributed by atoms with van der Waals surface area (Å²) in [5.74, 6) is 0.764. The quantitative estimate of drug-likeness (QED) is 0.793. The maximum Gasteiger partial charge on any atom is 0.220 e. The molecule has 0 aromatic heterocycles. The number of hydrogen-bond donors (Lipinski definition) is 1. The molecule has 0 aliphatic carbocycles. The molecule has 5 nitrogen and oxygen atoms in total. The maximum atomic E-state index is 12.6. The summed E-state index contributed by atoms with van der Waals surface area (Å²) in [5.41, 5.74) is 1.17. The zero-order valence-corrected chi connectivity index (χ0v) is 18.4. The fourth-order valence-electron chi connectivity index (χ4n) is 5.08. The molecule has 0 unspecified atom stereocenters. The van der Waals surface area contributed by atoms with Crippen molar-refractivity contribution in [1.29, 1.82) is 0 Å². The second-order valence-electron chi connectivity index (χ2n) is 9.26. The third-order valence-corrected chi connectivity index (χ3v) is 7.13. The smallest absolute Gasteiger partial charge is 0.220 e. The number of amides is 1. The first-order valence-corrected chi connectivity index (χ1v) is 11.5. The number of nitrogens with one attached hydrogen (secondary N) is 1. The van der Waals surface area contributed by atoms with Gasteiger partial charge in [0.15, 0.2) is 0 Å². The van der Waals surface area contributed by atoms with Crippen LogP contribution in [0.25, 0.3) is 0 Å². The number of likely N-dealkylation sites (tertiary alicyclic amines) is 1. The van der Waals surface area contributed by atoms with Gasteiger partial charge in [-0.15, -0.1) is 0 Å². The number of fused-ring (bicyclic) bond motifs is 1. The van der Waals surface area contributed by atoms with Crippen molar-refractivity contribution in [3.05, 3.63) is 34.9 Å². The molecular weight excluding hydrogens is 386 g/mol. The van der Waals surface area contributed by atoms with Gasteiger partial charge in [0.05, 0.1) is 12.7 Å². The molecule has 1 N–H and O–H groups in total. The van der Waals surface area contributed by atoms with Crippen LogP contribution in [0.2, 0.25) is 5.02 Å². The zero-order chi connectivity index (χ0) is 20.4. The van der Waals surface area contributed by atoms with E-state index in [0.29, 0.717) is 24.4 Å². The van der Waals surface area contributed by atoms with E-state index in [1.165, 1.54) is 5.56 Å². The molecule has 3 aliphatic rings. The SMILES string of the molecule is CC(C)N1CCC(CC(=O)N[C@@H]2C[C@H]3CO[C@@H](c4ccc(Cl)cc4)CN3C2)CC1. The number of nitrogens with zero attached hydrogens (tertiary/aromatic N) is 2. The molecule has 3 saturated heterocycles. The Morgan fingerprint density at radius 2 is 1.93 bits per heavy atom. The van der Waals surface area contributed by atoms with Gasteiger partial charge in [-0.3, -0.25) is 9.69 Å².